The molecule has 0 fully saturated rings. The van der Waals surface area contributed by atoms with Crippen LogP contribution in [0.4, 0.5) is 0 Å². The van der Waals surface area contributed by atoms with E-state index < -0.39 is 0 Å². The molecule has 130 valence electrons. The highest BCUT2D eigenvalue weighted by molar-refractivity contribution is 7.98. The summed E-state index contributed by atoms with van der Waals surface area (Å²) in [4.78, 5) is 23.1. The fraction of sp³-hybridized carbons (Fsp3) is 0.105. The van der Waals surface area contributed by atoms with Gasteiger partial charge in [0.05, 0.1) is 21.8 Å². The normalized spacial score (nSPS) is 11.1. The van der Waals surface area contributed by atoms with Crippen LogP contribution in [0.25, 0.3) is 10.9 Å². The highest BCUT2D eigenvalue weighted by atomic mass is 35.5. The van der Waals surface area contributed by atoms with Gasteiger partial charge in [0, 0.05) is 23.0 Å². The van der Waals surface area contributed by atoms with E-state index in [0.717, 1.165) is 20.5 Å². The number of halogens is 1. The van der Waals surface area contributed by atoms with Crippen molar-refractivity contribution in [3.8, 4) is 0 Å². The number of pyridine rings is 1. The molecule has 3 aromatic heterocycles. The Hall–Kier alpha value is -2.15. The van der Waals surface area contributed by atoms with Crippen LogP contribution in [-0.4, -0.2) is 14.5 Å². The Morgan fingerprint density at radius 2 is 2.00 bits per heavy atom. The van der Waals surface area contributed by atoms with E-state index in [4.69, 9.17) is 16.6 Å². The van der Waals surface area contributed by atoms with Gasteiger partial charge < -0.3 is 0 Å². The van der Waals surface area contributed by atoms with Gasteiger partial charge in [0.25, 0.3) is 5.56 Å². The Morgan fingerprint density at radius 1 is 1.12 bits per heavy atom. The lowest BCUT2D eigenvalue weighted by molar-refractivity contribution is 0.656. The highest BCUT2D eigenvalue weighted by Crippen LogP contribution is 2.28. The number of hydrogen-bond donors (Lipinski definition) is 0. The van der Waals surface area contributed by atoms with Crippen molar-refractivity contribution in [2.45, 2.75) is 17.5 Å². The Balaban J connectivity index is 1.75. The second kappa shape index (κ2) is 7.61. The molecule has 0 aliphatic heterocycles. The van der Waals surface area contributed by atoms with E-state index in [1.165, 1.54) is 0 Å². The number of nitrogens with zero attached hydrogens (tertiary/aromatic N) is 3. The minimum absolute atomic E-state index is 0.0360. The number of hydrogen-bond acceptors (Lipinski definition) is 5. The van der Waals surface area contributed by atoms with Crippen LogP contribution in [0.1, 0.15) is 10.4 Å². The zero-order valence-electron chi connectivity index (χ0n) is 13.6. The van der Waals surface area contributed by atoms with Crippen LogP contribution in [0.3, 0.4) is 0 Å². The molecule has 0 unspecified atom stereocenters. The average Bonchev–Trinajstić information content (AvgIpc) is 3.09. The topological polar surface area (TPSA) is 47.8 Å². The largest absolute Gasteiger partial charge is 0.283 e. The first-order valence-electron chi connectivity index (χ1n) is 7.96. The summed E-state index contributed by atoms with van der Waals surface area (Å²) < 4.78 is 2.49. The lowest BCUT2D eigenvalue weighted by Crippen LogP contribution is -2.24. The zero-order chi connectivity index (χ0) is 17.9. The minimum Gasteiger partial charge on any atom is -0.283 e. The standard InChI is InChI=1S/C19H14ClN3OS2/c20-17-8-7-14(26-17)12-25-19-22-16-6-2-1-5-15(16)18(24)23(19)11-13-4-3-9-21-10-13/h1-10H,11-12H2. The Labute approximate surface area is 163 Å². The Bertz CT molecular complexity index is 1110. The predicted molar refractivity (Wildman–Crippen MR) is 108 cm³/mol. The molecule has 26 heavy (non-hydrogen) atoms. The quantitative estimate of drug-likeness (QED) is 0.355. The summed E-state index contributed by atoms with van der Waals surface area (Å²) in [7, 11) is 0. The minimum atomic E-state index is -0.0360. The van der Waals surface area contributed by atoms with Crippen LogP contribution < -0.4 is 5.56 Å². The van der Waals surface area contributed by atoms with Crippen molar-refractivity contribution in [3.63, 3.8) is 0 Å². The van der Waals surface area contributed by atoms with Crippen molar-refractivity contribution in [2.75, 3.05) is 0 Å². The molecule has 0 N–H and O–H groups in total. The van der Waals surface area contributed by atoms with Gasteiger partial charge in [-0.15, -0.1) is 11.3 Å². The molecule has 4 rings (SSSR count). The molecule has 0 aliphatic rings. The number of thioether (sulfide) groups is 1. The zero-order valence-corrected chi connectivity index (χ0v) is 16.0. The van der Waals surface area contributed by atoms with Crippen LogP contribution in [0, 0.1) is 0 Å². The summed E-state index contributed by atoms with van der Waals surface area (Å²) in [5.74, 6) is 0.717. The molecule has 4 nitrogen and oxygen atoms in total. The molecule has 3 heterocycles. The third-order valence-corrected chi connectivity index (χ3v) is 6.30. The van der Waals surface area contributed by atoms with Crippen molar-refractivity contribution in [2.24, 2.45) is 0 Å². The van der Waals surface area contributed by atoms with E-state index >= 15 is 0 Å². The van der Waals surface area contributed by atoms with Crippen molar-refractivity contribution in [1.29, 1.82) is 0 Å². The van der Waals surface area contributed by atoms with Gasteiger partial charge in [-0.3, -0.25) is 14.3 Å². The third kappa shape index (κ3) is 3.67. The fourth-order valence-electron chi connectivity index (χ4n) is 2.64. The molecular formula is C19H14ClN3OS2. The van der Waals surface area contributed by atoms with Gasteiger partial charge in [-0.2, -0.15) is 0 Å². The number of para-hydroxylation sites is 1. The number of benzene rings is 1. The third-order valence-electron chi connectivity index (χ3n) is 3.86. The van der Waals surface area contributed by atoms with Crippen molar-refractivity contribution < 1.29 is 0 Å². The van der Waals surface area contributed by atoms with E-state index in [1.807, 2.05) is 48.5 Å². The molecular weight excluding hydrogens is 386 g/mol. The van der Waals surface area contributed by atoms with Crippen LogP contribution in [0.2, 0.25) is 4.34 Å². The van der Waals surface area contributed by atoms with Gasteiger partial charge in [-0.1, -0.05) is 41.6 Å². The molecule has 1 aromatic carbocycles. The van der Waals surface area contributed by atoms with Crippen LogP contribution in [0.15, 0.2) is 70.9 Å². The summed E-state index contributed by atoms with van der Waals surface area (Å²) in [5, 5.41) is 1.32. The molecule has 0 saturated carbocycles. The van der Waals surface area contributed by atoms with Gasteiger partial charge in [0.2, 0.25) is 0 Å². The second-order valence-electron chi connectivity index (χ2n) is 5.66. The van der Waals surface area contributed by atoms with E-state index in [1.54, 1.807) is 40.1 Å². The van der Waals surface area contributed by atoms with Crippen molar-refractivity contribution in [3.05, 3.63) is 86.1 Å². The molecule has 0 bridgehead atoms. The van der Waals surface area contributed by atoms with Gasteiger partial charge in [-0.05, 0) is 35.9 Å². The molecule has 0 radical (unpaired) electrons. The first-order chi connectivity index (χ1) is 12.7. The van der Waals surface area contributed by atoms with Crippen molar-refractivity contribution in [1.82, 2.24) is 14.5 Å². The lowest BCUT2D eigenvalue weighted by atomic mass is 10.2. The summed E-state index contributed by atoms with van der Waals surface area (Å²) in [6, 6.07) is 15.2. The predicted octanol–water partition coefficient (Wildman–Crippen LogP) is 4.85. The Morgan fingerprint density at radius 3 is 2.77 bits per heavy atom. The molecule has 0 spiro atoms. The summed E-state index contributed by atoms with van der Waals surface area (Å²) >= 11 is 9.10. The van der Waals surface area contributed by atoms with Crippen LogP contribution >= 0.6 is 34.7 Å². The number of aromatic nitrogens is 3. The van der Waals surface area contributed by atoms with E-state index in [-0.39, 0.29) is 5.56 Å². The van der Waals surface area contributed by atoms with Gasteiger partial charge >= 0.3 is 0 Å². The van der Waals surface area contributed by atoms with E-state index in [0.29, 0.717) is 22.6 Å². The summed E-state index contributed by atoms with van der Waals surface area (Å²) in [6.07, 6.45) is 3.50. The molecule has 0 saturated heterocycles. The first-order valence-corrected chi connectivity index (χ1v) is 10.1. The first kappa shape index (κ1) is 17.3. The van der Waals surface area contributed by atoms with E-state index in [9.17, 15) is 4.79 Å². The van der Waals surface area contributed by atoms with Crippen LogP contribution in [-0.2, 0) is 12.3 Å². The molecule has 0 atom stereocenters. The van der Waals surface area contributed by atoms with E-state index in [2.05, 4.69) is 4.98 Å². The van der Waals surface area contributed by atoms with Crippen LogP contribution in [0.5, 0.6) is 0 Å². The summed E-state index contributed by atoms with van der Waals surface area (Å²) in [6.45, 7) is 0.442. The van der Waals surface area contributed by atoms with Gasteiger partial charge in [-0.25, -0.2) is 4.98 Å². The Kier molecular flexibility index (Phi) is 5.06. The maximum Gasteiger partial charge on any atom is 0.262 e. The summed E-state index contributed by atoms with van der Waals surface area (Å²) in [5.41, 5.74) is 1.64. The molecule has 0 aliphatic carbocycles. The van der Waals surface area contributed by atoms with Crippen molar-refractivity contribution >= 4 is 45.6 Å². The number of thiophene rings is 1. The number of rotatable bonds is 5. The monoisotopic (exact) mass is 399 g/mol. The smallest absolute Gasteiger partial charge is 0.262 e. The van der Waals surface area contributed by atoms with Gasteiger partial charge in [0.1, 0.15) is 0 Å². The van der Waals surface area contributed by atoms with Gasteiger partial charge in [0.15, 0.2) is 5.16 Å². The maximum absolute atomic E-state index is 13.0. The lowest BCUT2D eigenvalue weighted by Gasteiger charge is -2.12. The average molecular weight is 400 g/mol. The fourth-order valence-corrected chi connectivity index (χ4v) is 4.77. The molecule has 0 amide bonds. The molecule has 4 aromatic rings. The highest BCUT2D eigenvalue weighted by Gasteiger charge is 2.13. The molecule has 7 heteroatoms. The number of fused-ring (bicyclic) bond motifs is 1. The maximum atomic E-state index is 13.0. The second-order valence-corrected chi connectivity index (χ2v) is 8.40. The SMILES string of the molecule is O=c1c2ccccc2nc(SCc2ccc(Cl)s2)n1Cc1cccnc1.